The molecule has 4 rings (SSSR count). The van der Waals surface area contributed by atoms with Gasteiger partial charge >= 0.3 is 0 Å². The summed E-state index contributed by atoms with van der Waals surface area (Å²) in [5.74, 6) is 0.536. The van der Waals surface area contributed by atoms with Crippen molar-refractivity contribution in [1.29, 1.82) is 0 Å². The average molecular weight is 404 g/mol. The van der Waals surface area contributed by atoms with Gasteiger partial charge in [-0.05, 0) is 76.2 Å². The van der Waals surface area contributed by atoms with Gasteiger partial charge in [0.05, 0.1) is 0 Å². The first kappa shape index (κ1) is 20.8. The van der Waals surface area contributed by atoms with Crippen LogP contribution in [0.5, 0.6) is 0 Å². The normalized spacial score (nSPS) is 24.8. The van der Waals surface area contributed by atoms with Gasteiger partial charge in [0.15, 0.2) is 5.69 Å². The quantitative estimate of drug-likeness (QED) is 0.697. The van der Waals surface area contributed by atoms with E-state index >= 15 is 0 Å². The summed E-state index contributed by atoms with van der Waals surface area (Å²) in [4.78, 5) is 20.5. The second kappa shape index (κ2) is 10.0. The van der Waals surface area contributed by atoms with Gasteiger partial charge in [-0.3, -0.25) is 4.79 Å². The second-order valence-corrected chi connectivity index (χ2v) is 9.29. The van der Waals surface area contributed by atoms with Crippen LogP contribution in [0.1, 0.15) is 74.0 Å². The van der Waals surface area contributed by atoms with Gasteiger partial charge in [-0.15, -0.1) is 0 Å². The maximum absolute atomic E-state index is 13.2. The molecule has 3 aliphatic rings. The lowest BCUT2D eigenvalue weighted by Gasteiger charge is -2.39. The van der Waals surface area contributed by atoms with E-state index in [1.807, 2.05) is 4.90 Å². The molecule has 162 valence electrons. The van der Waals surface area contributed by atoms with E-state index in [0.717, 1.165) is 45.3 Å². The highest BCUT2D eigenvalue weighted by atomic mass is 16.6. The van der Waals surface area contributed by atoms with Crippen molar-refractivity contribution >= 4 is 5.91 Å². The van der Waals surface area contributed by atoms with Crippen molar-refractivity contribution < 1.29 is 9.42 Å². The van der Waals surface area contributed by atoms with Crippen LogP contribution < -0.4 is 0 Å². The number of rotatable bonds is 7. The number of hydrogen-bond donors (Lipinski definition) is 0. The van der Waals surface area contributed by atoms with E-state index in [-0.39, 0.29) is 5.91 Å². The molecule has 2 aliphatic heterocycles. The number of amides is 1. The van der Waals surface area contributed by atoms with E-state index < -0.39 is 0 Å². The van der Waals surface area contributed by atoms with Gasteiger partial charge in [0.25, 0.3) is 5.91 Å². The lowest BCUT2D eigenvalue weighted by atomic mass is 9.95. The third-order valence-corrected chi connectivity index (χ3v) is 7.15. The van der Waals surface area contributed by atoms with Gasteiger partial charge in [0.2, 0.25) is 0 Å². The van der Waals surface area contributed by atoms with Gasteiger partial charge in [0, 0.05) is 32.2 Å². The number of likely N-dealkylation sites (tertiary alicyclic amines) is 2. The molecular weight excluding hydrogens is 366 g/mol. The van der Waals surface area contributed by atoms with Crippen LogP contribution in [0.25, 0.3) is 0 Å². The van der Waals surface area contributed by atoms with E-state index in [0.29, 0.717) is 17.3 Å². The maximum Gasteiger partial charge on any atom is 0.278 e. The molecule has 2 saturated heterocycles. The van der Waals surface area contributed by atoms with E-state index in [2.05, 4.69) is 20.1 Å². The molecule has 29 heavy (non-hydrogen) atoms. The Hall–Kier alpha value is -1.47. The molecule has 7 nitrogen and oxygen atoms in total. The zero-order valence-corrected chi connectivity index (χ0v) is 18.0. The Labute approximate surface area is 174 Å². The molecule has 0 spiro atoms. The van der Waals surface area contributed by atoms with Crippen LogP contribution in [0, 0.1) is 12.8 Å². The fourth-order valence-electron chi connectivity index (χ4n) is 5.46. The first-order chi connectivity index (χ1) is 14.2. The molecule has 3 heterocycles. The lowest BCUT2D eigenvalue weighted by Crippen LogP contribution is -2.47. The number of carbonyl (C=O) groups excluding carboxylic acids is 1. The molecule has 1 unspecified atom stereocenters. The fraction of sp³-hybridized carbons (Fsp3) is 0.864. The zero-order valence-electron chi connectivity index (χ0n) is 18.0. The number of carbonyl (C=O) groups is 1. The molecule has 1 saturated carbocycles. The highest BCUT2D eigenvalue weighted by Crippen LogP contribution is 2.28. The third-order valence-electron chi connectivity index (χ3n) is 7.15. The molecule has 3 fully saturated rings. The molecule has 0 N–H and O–H groups in total. The van der Waals surface area contributed by atoms with Crippen molar-refractivity contribution in [3.63, 3.8) is 0 Å². The average Bonchev–Trinajstić information content (AvgIpc) is 3.43. The summed E-state index contributed by atoms with van der Waals surface area (Å²) in [6.07, 6.45) is 11.8. The topological polar surface area (TPSA) is 65.7 Å². The van der Waals surface area contributed by atoms with E-state index in [4.69, 9.17) is 4.63 Å². The summed E-state index contributed by atoms with van der Waals surface area (Å²) in [6.45, 7) is 9.03. The summed E-state index contributed by atoms with van der Waals surface area (Å²) in [7, 11) is 0. The van der Waals surface area contributed by atoms with Gasteiger partial charge < -0.3 is 14.7 Å². The first-order valence-electron chi connectivity index (χ1n) is 11.8. The fourth-order valence-corrected chi connectivity index (χ4v) is 5.46. The summed E-state index contributed by atoms with van der Waals surface area (Å²) < 4.78 is 4.82. The monoisotopic (exact) mass is 403 g/mol. The van der Waals surface area contributed by atoms with Crippen molar-refractivity contribution in [3.05, 3.63) is 11.4 Å². The first-order valence-corrected chi connectivity index (χ1v) is 11.8. The van der Waals surface area contributed by atoms with Gasteiger partial charge in [-0.25, -0.2) is 4.63 Å². The van der Waals surface area contributed by atoms with Gasteiger partial charge in [-0.1, -0.05) is 24.4 Å². The van der Waals surface area contributed by atoms with Gasteiger partial charge in [-0.2, -0.15) is 0 Å². The molecule has 1 atom stereocenters. The number of piperidine rings is 2. The minimum atomic E-state index is -0.0150. The molecule has 1 aromatic heterocycles. The van der Waals surface area contributed by atoms with Crippen LogP contribution in [-0.4, -0.2) is 82.8 Å². The van der Waals surface area contributed by atoms with Crippen LogP contribution in [0.3, 0.4) is 0 Å². The molecule has 1 aromatic rings. The summed E-state index contributed by atoms with van der Waals surface area (Å²) in [5, 5.41) is 7.73. The Balaban J connectivity index is 1.39. The second-order valence-electron chi connectivity index (χ2n) is 9.29. The summed E-state index contributed by atoms with van der Waals surface area (Å²) >= 11 is 0. The Morgan fingerprint density at radius 3 is 2.55 bits per heavy atom. The maximum atomic E-state index is 13.2. The van der Waals surface area contributed by atoms with Crippen LogP contribution in [0.2, 0.25) is 0 Å². The lowest BCUT2D eigenvalue weighted by molar-refractivity contribution is 0.0600. The molecule has 0 bridgehead atoms. The third kappa shape index (κ3) is 5.37. The Morgan fingerprint density at radius 1 is 1.03 bits per heavy atom. The van der Waals surface area contributed by atoms with E-state index in [1.165, 1.54) is 64.3 Å². The van der Waals surface area contributed by atoms with Crippen LogP contribution >= 0.6 is 0 Å². The number of aromatic nitrogens is 2. The van der Waals surface area contributed by atoms with Gasteiger partial charge in [0.1, 0.15) is 5.69 Å². The van der Waals surface area contributed by atoms with E-state index in [1.54, 1.807) is 6.92 Å². The van der Waals surface area contributed by atoms with Crippen molar-refractivity contribution in [1.82, 2.24) is 25.0 Å². The molecular formula is C22H37N5O2. The molecule has 7 heteroatoms. The highest BCUT2D eigenvalue weighted by molar-refractivity contribution is 5.93. The smallest absolute Gasteiger partial charge is 0.278 e. The number of nitrogens with zero attached hydrogens (tertiary/aromatic N) is 5. The molecule has 0 aromatic carbocycles. The SMILES string of the molecule is Cc1nonc1C(=O)N(CCN1CCCCC1)CC1CCCN(C2CCCC2)C1. The molecule has 1 amide bonds. The zero-order chi connectivity index (χ0) is 20.1. The Morgan fingerprint density at radius 2 is 1.83 bits per heavy atom. The van der Waals surface area contributed by atoms with E-state index in [9.17, 15) is 4.79 Å². The van der Waals surface area contributed by atoms with Crippen molar-refractivity contribution in [3.8, 4) is 0 Å². The largest absolute Gasteiger partial charge is 0.336 e. The predicted octanol–water partition coefficient (Wildman–Crippen LogP) is 2.96. The number of aryl methyl sites for hydroxylation is 1. The standard InChI is InChI=1S/C22H37N5O2/c1-18-21(24-29-23-18)22(28)27(15-14-25-11-5-2-6-12-25)17-19-8-7-13-26(16-19)20-9-3-4-10-20/h19-20H,2-17H2,1H3. The minimum absolute atomic E-state index is 0.0150. The molecule has 1 aliphatic carbocycles. The minimum Gasteiger partial charge on any atom is -0.336 e. The number of hydrogen-bond acceptors (Lipinski definition) is 6. The van der Waals surface area contributed by atoms with Crippen LogP contribution in [-0.2, 0) is 0 Å². The Kier molecular flexibility index (Phi) is 7.19. The highest BCUT2D eigenvalue weighted by Gasteiger charge is 2.31. The Bertz CT molecular complexity index is 651. The summed E-state index contributed by atoms with van der Waals surface area (Å²) in [5.41, 5.74) is 0.973. The molecule has 0 radical (unpaired) electrons. The van der Waals surface area contributed by atoms with Crippen molar-refractivity contribution in [2.24, 2.45) is 5.92 Å². The van der Waals surface area contributed by atoms with Crippen LogP contribution in [0.15, 0.2) is 4.63 Å². The van der Waals surface area contributed by atoms with Crippen LogP contribution in [0.4, 0.5) is 0 Å². The van der Waals surface area contributed by atoms with Crippen molar-refractivity contribution in [2.45, 2.75) is 70.8 Å². The summed E-state index contributed by atoms with van der Waals surface area (Å²) in [6, 6.07) is 0.775. The predicted molar refractivity (Wildman–Crippen MR) is 112 cm³/mol. The van der Waals surface area contributed by atoms with Crippen molar-refractivity contribution in [2.75, 3.05) is 45.8 Å².